The van der Waals surface area contributed by atoms with Crippen molar-refractivity contribution in [1.29, 1.82) is 0 Å². The summed E-state index contributed by atoms with van der Waals surface area (Å²) in [6.45, 7) is 0. The first-order chi connectivity index (χ1) is 8.61. The van der Waals surface area contributed by atoms with E-state index in [2.05, 4.69) is 26.2 Å². The van der Waals surface area contributed by atoms with Gasteiger partial charge in [0, 0.05) is 24.4 Å². The van der Waals surface area contributed by atoms with Gasteiger partial charge in [0.1, 0.15) is 0 Å². The monoisotopic (exact) mass is 330 g/mol. The molecule has 0 amide bonds. The van der Waals surface area contributed by atoms with Crippen LogP contribution in [0.1, 0.15) is 5.69 Å². The van der Waals surface area contributed by atoms with E-state index in [1.165, 1.54) is 12.1 Å². The maximum absolute atomic E-state index is 10.6. The van der Waals surface area contributed by atoms with Crippen LogP contribution in [-0.4, -0.2) is 25.8 Å². The standard InChI is InChI=1S/C10H8BrClN4O2/c11-9-5-8(16(17)18)1-2-10(9)15-6-7(3-4-12)13-14-15/h1-2,5-6H,3-4H2. The molecule has 0 saturated carbocycles. The highest BCUT2D eigenvalue weighted by molar-refractivity contribution is 9.10. The van der Waals surface area contributed by atoms with Crippen molar-refractivity contribution >= 4 is 33.2 Å². The van der Waals surface area contributed by atoms with Crippen molar-refractivity contribution in [2.75, 3.05) is 5.88 Å². The number of hydrogen-bond donors (Lipinski definition) is 0. The van der Waals surface area contributed by atoms with Crippen molar-refractivity contribution in [3.05, 3.63) is 44.7 Å². The van der Waals surface area contributed by atoms with E-state index >= 15 is 0 Å². The van der Waals surface area contributed by atoms with Crippen LogP contribution in [0.5, 0.6) is 0 Å². The smallest absolute Gasteiger partial charge is 0.258 e. The second-order valence-corrected chi connectivity index (χ2v) is 4.72. The summed E-state index contributed by atoms with van der Waals surface area (Å²) in [6.07, 6.45) is 2.38. The minimum atomic E-state index is -0.450. The average Bonchev–Trinajstić information content (AvgIpc) is 2.77. The van der Waals surface area contributed by atoms with Gasteiger partial charge in [-0.1, -0.05) is 5.21 Å². The molecule has 0 spiro atoms. The molecule has 6 nitrogen and oxygen atoms in total. The highest BCUT2D eigenvalue weighted by Crippen LogP contribution is 2.25. The summed E-state index contributed by atoms with van der Waals surface area (Å²) in [6, 6.07) is 4.46. The quantitative estimate of drug-likeness (QED) is 0.490. The third kappa shape index (κ3) is 2.68. The molecular formula is C10H8BrClN4O2. The number of aryl methyl sites for hydroxylation is 1. The first-order valence-corrected chi connectivity index (χ1v) is 6.36. The lowest BCUT2D eigenvalue weighted by atomic mass is 10.3. The molecular weight excluding hydrogens is 323 g/mol. The molecule has 2 aromatic rings. The van der Waals surface area contributed by atoms with Gasteiger partial charge in [0.15, 0.2) is 0 Å². The van der Waals surface area contributed by atoms with Gasteiger partial charge in [-0.15, -0.1) is 16.7 Å². The Morgan fingerprint density at radius 2 is 2.28 bits per heavy atom. The summed E-state index contributed by atoms with van der Waals surface area (Å²) in [4.78, 5) is 10.2. The Hall–Kier alpha value is -1.47. The van der Waals surface area contributed by atoms with Crippen LogP contribution in [0.15, 0.2) is 28.9 Å². The molecule has 1 heterocycles. The Bertz CT molecular complexity index is 587. The predicted octanol–water partition coefficient (Wildman–Crippen LogP) is 2.72. The molecule has 0 aliphatic rings. The number of rotatable bonds is 4. The largest absolute Gasteiger partial charge is 0.270 e. The number of nitro benzene ring substituents is 1. The van der Waals surface area contributed by atoms with Crippen molar-refractivity contribution in [2.45, 2.75) is 6.42 Å². The molecule has 0 atom stereocenters. The average molecular weight is 332 g/mol. The number of non-ortho nitro benzene ring substituents is 1. The molecule has 0 radical (unpaired) electrons. The molecule has 2 rings (SSSR count). The molecule has 1 aromatic heterocycles. The number of nitrogens with zero attached hydrogens (tertiary/aromatic N) is 4. The van der Waals surface area contributed by atoms with Crippen LogP contribution < -0.4 is 0 Å². The molecule has 0 fully saturated rings. The normalized spacial score (nSPS) is 10.6. The third-order valence-corrected chi connectivity index (χ3v) is 3.10. The second-order valence-electron chi connectivity index (χ2n) is 3.49. The molecule has 0 aliphatic carbocycles. The van der Waals surface area contributed by atoms with Crippen LogP contribution in [0.25, 0.3) is 5.69 Å². The molecule has 94 valence electrons. The van der Waals surface area contributed by atoms with Crippen LogP contribution in [-0.2, 0) is 6.42 Å². The lowest BCUT2D eigenvalue weighted by Crippen LogP contribution is -1.97. The van der Waals surface area contributed by atoms with E-state index in [-0.39, 0.29) is 5.69 Å². The SMILES string of the molecule is O=[N+]([O-])c1ccc(-n2cc(CCCl)nn2)c(Br)c1. The van der Waals surface area contributed by atoms with Crippen LogP contribution in [0.4, 0.5) is 5.69 Å². The van der Waals surface area contributed by atoms with E-state index in [9.17, 15) is 10.1 Å². The molecule has 1 aromatic carbocycles. The summed E-state index contributed by atoms with van der Waals surface area (Å²) >= 11 is 8.90. The summed E-state index contributed by atoms with van der Waals surface area (Å²) in [5.74, 6) is 0.472. The number of hydrogen-bond acceptors (Lipinski definition) is 4. The number of nitro groups is 1. The number of alkyl halides is 1. The zero-order chi connectivity index (χ0) is 13.1. The molecule has 0 saturated heterocycles. The summed E-state index contributed by atoms with van der Waals surface area (Å²) < 4.78 is 2.13. The van der Waals surface area contributed by atoms with Gasteiger partial charge in [0.25, 0.3) is 5.69 Å². The van der Waals surface area contributed by atoms with Crippen LogP contribution >= 0.6 is 27.5 Å². The predicted molar refractivity (Wildman–Crippen MR) is 70.1 cm³/mol. The molecule has 0 bridgehead atoms. The number of halogens is 2. The fourth-order valence-electron chi connectivity index (χ4n) is 1.42. The lowest BCUT2D eigenvalue weighted by molar-refractivity contribution is -0.384. The lowest BCUT2D eigenvalue weighted by Gasteiger charge is -2.02. The molecule has 8 heteroatoms. The summed E-state index contributed by atoms with van der Waals surface area (Å²) in [5.41, 5.74) is 1.48. The number of aromatic nitrogens is 3. The first-order valence-electron chi connectivity index (χ1n) is 5.03. The summed E-state index contributed by atoms with van der Waals surface area (Å²) in [7, 11) is 0. The summed E-state index contributed by atoms with van der Waals surface area (Å²) in [5, 5.41) is 18.5. The maximum atomic E-state index is 10.6. The highest BCUT2D eigenvalue weighted by atomic mass is 79.9. The van der Waals surface area contributed by atoms with Crippen molar-refractivity contribution in [3.63, 3.8) is 0 Å². The fraction of sp³-hybridized carbons (Fsp3) is 0.200. The topological polar surface area (TPSA) is 73.8 Å². The van der Waals surface area contributed by atoms with Crippen molar-refractivity contribution in [1.82, 2.24) is 15.0 Å². The van der Waals surface area contributed by atoms with Crippen molar-refractivity contribution in [3.8, 4) is 5.69 Å². The minimum Gasteiger partial charge on any atom is -0.258 e. The Morgan fingerprint density at radius 1 is 1.50 bits per heavy atom. The van der Waals surface area contributed by atoms with E-state index in [4.69, 9.17) is 11.6 Å². The molecule has 0 unspecified atom stereocenters. The van der Waals surface area contributed by atoms with Crippen molar-refractivity contribution < 1.29 is 4.92 Å². The van der Waals surface area contributed by atoms with E-state index in [1.807, 2.05) is 0 Å². The highest BCUT2D eigenvalue weighted by Gasteiger charge is 2.11. The Balaban J connectivity index is 2.35. The Morgan fingerprint density at radius 3 is 2.89 bits per heavy atom. The van der Waals surface area contributed by atoms with Gasteiger partial charge >= 0.3 is 0 Å². The first kappa shape index (κ1) is 13.0. The Kier molecular flexibility index (Phi) is 3.93. The third-order valence-electron chi connectivity index (χ3n) is 2.28. The van der Waals surface area contributed by atoms with Crippen LogP contribution in [0, 0.1) is 10.1 Å². The van der Waals surface area contributed by atoms with Gasteiger partial charge in [-0.2, -0.15) is 0 Å². The van der Waals surface area contributed by atoms with E-state index < -0.39 is 4.92 Å². The van der Waals surface area contributed by atoms with Gasteiger partial charge in [-0.3, -0.25) is 10.1 Å². The second kappa shape index (κ2) is 5.45. The van der Waals surface area contributed by atoms with E-state index in [0.717, 1.165) is 5.69 Å². The maximum Gasteiger partial charge on any atom is 0.270 e. The van der Waals surface area contributed by atoms with E-state index in [0.29, 0.717) is 22.5 Å². The Labute approximate surface area is 116 Å². The number of benzene rings is 1. The zero-order valence-corrected chi connectivity index (χ0v) is 11.4. The van der Waals surface area contributed by atoms with Gasteiger partial charge < -0.3 is 0 Å². The minimum absolute atomic E-state index is 0.0201. The van der Waals surface area contributed by atoms with E-state index in [1.54, 1.807) is 16.9 Å². The van der Waals surface area contributed by atoms with Gasteiger partial charge in [0.2, 0.25) is 0 Å². The molecule has 0 N–H and O–H groups in total. The van der Waals surface area contributed by atoms with Crippen LogP contribution in [0.2, 0.25) is 0 Å². The van der Waals surface area contributed by atoms with Gasteiger partial charge in [-0.25, -0.2) is 4.68 Å². The van der Waals surface area contributed by atoms with Gasteiger partial charge in [0.05, 0.1) is 27.0 Å². The van der Waals surface area contributed by atoms with Crippen LogP contribution in [0.3, 0.4) is 0 Å². The van der Waals surface area contributed by atoms with Crippen molar-refractivity contribution in [2.24, 2.45) is 0 Å². The fourth-order valence-corrected chi connectivity index (χ4v) is 2.16. The van der Waals surface area contributed by atoms with Gasteiger partial charge in [-0.05, 0) is 22.0 Å². The molecule has 18 heavy (non-hydrogen) atoms. The molecule has 0 aliphatic heterocycles. The zero-order valence-electron chi connectivity index (χ0n) is 9.08.